The van der Waals surface area contributed by atoms with Crippen LogP contribution in [-0.2, 0) is 0 Å². The van der Waals surface area contributed by atoms with Gasteiger partial charge in [0.25, 0.3) is 0 Å². The fourth-order valence-electron chi connectivity index (χ4n) is 1.66. The quantitative estimate of drug-likeness (QED) is 0.680. The van der Waals surface area contributed by atoms with Crippen LogP contribution in [0.5, 0.6) is 0 Å². The van der Waals surface area contributed by atoms with E-state index in [0.717, 1.165) is 17.8 Å². The molecule has 1 heterocycles. The first-order chi connectivity index (χ1) is 7.18. The summed E-state index contributed by atoms with van der Waals surface area (Å²) < 4.78 is 0. The zero-order valence-electron chi connectivity index (χ0n) is 8.87. The Morgan fingerprint density at radius 2 is 1.93 bits per heavy atom. The molecule has 0 radical (unpaired) electrons. The van der Waals surface area contributed by atoms with Crippen molar-refractivity contribution in [3.8, 4) is 0 Å². The van der Waals surface area contributed by atoms with Crippen molar-refractivity contribution >= 4 is 17.2 Å². The molecular formula is C12H13ClN2. The zero-order chi connectivity index (χ0) is 10.8. The summed E-state index contributed by atoms with van der Waals surface area (Å²) in [5.74, 6) is 0. The molecule has 1 aliphatic rings. The first kappa shape index (κ1) is 10.4. The molecule has 1 aromatic rings. The van der Waals surface area contributed by atoms with E-state index in [1.165, 1.54) is 11.1 Å². The maximum atomic E-state index is 6.21. The van der Waals surface area contributed by atoms with Crippen molar-refractivity contribution in [3.05, 3.63) is 41.5 Å². The summed E-state index contributed by atoms with van der Waals surface area (Å²) in [4.78, 5) is 8.57. The zero-order valence-corrected chi connectivity index (χ0v) is 9.62. The number of hydrogen-bond donors (Lipinski definition) is 0. The Morgan fingerprint density at radius 1 is 1.20 bits per heavy atom. The van der Waals surface area contributed by atoms with Crippen LogP contribution in [0, 0.1) is 6.92 Å². The molecule has 1 aromatic heterocycles. The highest BCUT2D eigenvalue weighted by Crippen LogP contribution is 2.29. The molecule has 0 amide bonds. The second-order valence-electron chi connectivity index (χ2n) is 3.76. The second kappa shape index (κ2) is 4.15. The molecule has 0 aromatic carbocycles. The molecule has 78 valence electrons. The summed E-state index contributed by atoms with van der Waals surface area (Å²) in [5, 5.41) is 0.0893. The second-order valence-corrected chi connectivity index (χ2v) is 4.29. The van der Waals surface area contributed by atoms with E-state index >= 15 is 0 Å². The summed E-state index contributed by atoms with van der Waals surface area (Å²) in [6, 6.07) is 0. The van der Waals surface area contributed by atoms with Crippen molar-refractivity contribution in [1.82, 2.24) is 9.97 Å². The van der Waals surface area contributed by atoms with Gasteiger partial charge < -0.3 is 0 Å². The molecule has 0 N–H and O–H groups in total. The molecule has 0 bridgehead atoms. The molecule has 0 spiro atoms. The number of halogens is 1. The normalized spacial score (nSPS) is 20.9. The van der Waals surface area contributed by atoms with E-state index in [1.54, 1.807) is 12.4 Å². The summed E-state index contributed by atoms with van der Waals surface area (Å²) in [6.07, 6.45) is 8.42. The Hall–Kier alpha value is -1.15. The molecule has 0 fully saturated rings. The van der Waals surface area contributed by atoms with Crippen molar-refractivity contribution in [3.63, 3.8) is 0 Å². The van der Waals surface area contributed by atoms with Gasteiger partial charge in [0.15, 0.2) is 0 Å². The molecule has 0 aliphatic heterocycles. The van der Waals surface area contributed by atoms with Crippen LogP contribution in [0.4, 0.5) is 0 Å². The van der Waals surface area contributed by atoms with E-state index < -0.39 is 0 Å². The van der Waals surface area contributed by atoms with Crippen LogP contribution in [0.25, 0.3) is 5.57 Å². The van der Waals surface area contributed by atoms with Crippen LogP contribution in [-0.4, -0.2) is 15.3 Å². The molecule has 2 rings (SSSR count). The topological polar surface area (TPSA) is 25.8 Å². The van der Waals surface area contributed by atoms with Crippen molar-refractivity contribution in [1.29, 1.82) is 0 Å². The molecule has 0 saturated heterocycles. The molecule has 1 aliphatic carbocycles. The molecule has 15 heavy (non-hydrogen) atoms. The van der Waals surface area contributed by atoms with Gasteiger partial charge in [-0.2, -0.15) is 0 Å². The van der Waals surface area contributed by atoms with Gasteiger partial charge in [-0.15, -0.1) is 11.6 Å². The minimum atomic E-state index is 0.0893. The van der Waals surface area contributed by atoms with E-state index in [2.05, 4.69) is 29.0 Å². The summed E-state index contributed by atoms with van der Waals surface area (Å²) in [7, 11) is 0. The number of nitrogens with zero attached hydrogens (tertiary/aromatic N) is 2. The van der Waals surface area contributed by atoms with E-state index in [0.29, 0.717) is 0 Å². The number of aromatic nitrogens is 2. The Morgan fingerprint density at radius 3 is 2.60 bits per heavy atom. The van der Waals surface area contributed by atoms with Gasteiger partial charge in [-0.25, -0.2) is 0 Å². The van der Waals surface area contributed by atoms with E-state index in [4.69, 9.17) is 11.6 Å². The summed E-state index contributed by atoms with van der Waals surface area (Å²) >= 11 is 6.21. The van der Waals surface area contributed by atoms with Crippen molar-refractivity contribution in [2.75, 3.05) is 0 Å². The van der Waals surface area contributed by atoms with Gasteiger partial charge in [-0.05, 0) is 25.8 Å². The minimum Gasteiger partial charge on any atom is -0.258 e. The Balaban J connectivity index is 2.38. The lowest BCUT2D eigenvalue weighted by molar-refractivity contribution is 0.963. The molecule has 1 atom stereocenters. The number of rotatable bonds is 1. The van der Waals surface area contributed by atoms with Gasteiger partial charge in [-0.1, -0.05) is 17.7 Å². The third-order valence-corrected chi connectivity index (χ3v) is 3.12. The van der Waals surface area contributed by atoms with Gasteiger partial charge in [0.2, 0.25) is 0 Å². The van der Waals surface area contributed by atoms with Crippen LogP contribution in [0.2, 0.25) is 0 Å². The molecule has 2 nitrogen and oxygen atoms in total. The first-order valence-electron chi connectivity index (χ1n) is 4.98. The Kier molecular flexibility index (Phi) is 2.87. The number of hydrogen-bond acceptors (Lipinski definition) is 2. The predicted molar refractivity (Wildman–Crippen MR) is 62.8 cm³/mol. The Bertz CT molecular complexity index is 435. The molecule has 0 saturated carbocycles. The third kappa shape index (κ3) is 2.10. The van der Waals surface area contributed by atoms with Crippen LogP contribution < -0.4 is 0 Å². The highest BCUT2D eigenvalue weighted by atomic mass is 35.5. The van der Waals surface area contributed by atoms with Gasteiger partial charge in [0.05, 0.1) is 16.8 Å². The van der Waals surface area contributed by atoms with E-state index in [1.807, 2.05) is 6.92 Å². The maximum Gasteiger partial charge on any atom is 0.0874 e. The lowest BCUT2D eigenvalue weighted by Crippen LogP contribution is -2.07. The SMILES string of the molecule is CC1=CC=C(c2nccnc2C)CC1Cl. The average molecular weight is 221 g/mol. The number of alkyl halides is 1. The summed E-state index contributed by atoms with van der Waals surface area (Å²) in [6.45, 7) is 4.02. The highest BCUT2D eigenvalue weighted by molar-refractivity contribution is 6.23. The van der Waals surface area contributed by atoms with Crippen molar-refractivity contribution in [2.45, 2.75) is 25.6 Å². The van der Waals surface area contributed by atoms with Gasteiger partial charge in [0.1, 0.15) is 0 Å². The maximum absolute atomic E-state index is 6.21. The van der Waals surface area contributed by atoms with Crippen LogP contribution >= 0.6 is 11.6 Å². The van der Waals surface area contributed by atoms with Gasteiger partial charge in [0, 0.05) is 12.4 Å². The number of aryl methyl sites for hydroxylation is 1. The van der Waals surface area contributed by atoms with E-state index in [-0.39, 0.29) is 5.38 Å². The number of allylic oxidation sites excluding steroid dienone is 4. The monoisotopic (exact) mass is 220 g/mol. The van der Waals surface area contributed by atoms with Crippen LogP contribution in [0.1, 0.15) is 24.7 Å². The standard InChI is InChI=1S/C12H13ClN2/c1-8-3-4-10(7-11(8)13)12-9(2)14-5-6-15-12/h3-6,11H,7H2,1-2H3. The highest BCUT2D eigenvalue weighted by Gasteiger charge is 2.16. The fraction of sp³-hybridized carbons (Fsp3) is 0.333. The lowest BCUT2D eigenvalue weighted by atomic mass is 9.96. The third-order valence-electron chi connectivity index (χ3n) is 2.63. The summed E-state index contributed by atoms with van der Waals surface area (Å²) in [5.41, 5.74) is 4.31. The largest absolute Gasteiger partial charge is 0.258 e. The van der Waals surface area contributed by atoms with Crippen molar-refractivity contribution < 1.29 is 0 Å². The van der Waals surface area contributed by atoms with Crippen molar-refractivity contribution in [2.24, 2.45) is 0 Å². The van der Waals surface area contributed by atoms with Crippen LogP contribution in [0.15, 0.2) is 30.1 Å². The van der Waals surface area contributed by atoms with Crippen LogP contribution in [0.3, 0.4) is 0 Å². The van der Waals surface area contributed by atoms with Gasteiger partial charge in [-0.3, -0.25) is 9.97 Å². The molecular weight excluding hydrogens is 208 g/mol. The lowest BCUT2D eigenvalue weighted by Gasteiger charge is -2.17. The molecule has 3 heteroatoms. The fourth-order valence-corrected chi connectivity index (χ4v) is 1.90. The van der Waals surface area contributed by atoms with Gasteiger partial charge >= 0.3 is 0 Å². The molecule has 1 unspecified atom stereocenters. The first-order valence-corrected chi connectivity index (χ1v) is 5.41. The van der Waals surface area contributed by atoms with E-state index in [9.17, 15) is 0 Å². The average Bonchev–Trinajstić information content (AvgIpc) is 2.23. The smallest absolute Gasteiger partial charge is 0.0874 e. The predicted octanol–water partition coefficient (Wildman–Crippen LogP) is 3.13. The Labute approximate surface area is 94.7 Å². The minimum absolute atomic E-state index is 0.0893.